The van der Waals surface area contributed by atoms with Crippen LogP contribution in [0.5, 0.6) is 0 Å². The minimum absolute atomic E-state index is 0.340. The summed E-state index contributed by atoms with van der Waals surface area (Å²) in [6, 6.07) is 6.39. The maximum Gasteiger partial charge on any atom is 0.405 e. The summed E-state index contributed by atoms with van der Waals surface area (Å²) in [6.07, 6.45) is -4.48. The van der Waals surface area contributed by atoms with Crippen molar-refractivity contribution in [2.75, 3.05) is 11.5 Å². The van der Waals surface area contributed by atoms with Gasteiger partial charge < -0.3 is 5.73 Å². The van der Waals surface area contributed by atoms with Crippen molar-refractivity contribution >= 4 is 17.4 Å². The Balaban J connectivity index is 2.71. The van der Waals surface area contributed by atoms with Crippen LogP contribution in [0.15, 0.2) is 23.1 Å². The zero-order chi connectivity index (χ0) is 13.1. The molecule has 2 nitrogen and oxygen atoms in total. The van der Waals surface area contributed by atoms with Crippen molar-refractivity contribution in [1.29, 1.82) is 5.26 Å². The molecule has 1 unspecified atom stereocenters. The van der Waals surface area contributed by atoms with Crippen molar-refractivity contribution in [1.82, 2.24) is 0 Å². The van der Waals surface area contributed by atoms with Crippen molar-refractivity contribution in [2.24, 2.45) is 5.92 Å². The Labute approximate surface area is 102 Å². The number of alkyl halides is 3. The molecule has 1 atom stereocenters. The molecule has 0 fully saturated rings. The Morgan fingerprint density at radius 1 is 1.47 bits per heavy atom. The average molecular weight is 260 g/mol. The van der Waals surface area contributed by atoms with Gasteiger partial charge in [-0.25, -0.2) is 0 Å². The molecule has 0 saturated heterocycles. The Morgan fingerprint density at radius 2 is 2.12 bits per heavy atom. The van der Waals surface area contributed by atoms with Gasteiger partial charge in [-0.15, -0.1) is 11.8 Å². The number of hydrogen-bond acceptors (Lipinski definition) is 3. The first-order valence-corrected chi connectivity index (χ1v) is 5.78. The largest absolute Gasteiger partial charge is 0.405 e. The van der Waals surface area contributed by atoms with E-state index in [4.69, 9.17) is 11.0 Å². The highest BCUT2D eigenvalue weighted by Crippen LogP contribution is 2.33. The molecule has 0 aliphatic heterocycles. The van der Waals surface area contributed by atoms with Gasteiger partial charge >= 0.3 is 6.18 Å². The van der Waals surface area contributed by atoms with Crippen LogP contribution in [0.4, 0.5) is 18.9 Å². The second-order valence-electron chi connectivity index (χ2n) is 3.58. The van der Waals surface area contributed by atoms with E-state index in [0.717, 1.165) is 17.3 Å². The number of nitrogen functional groups attached to an aromatic ring is 1. The number of thioether (sulfide) groups is 1. The van der Waals surface area contributed by atoms with Gasteiger partial charge in [0.15, 0.2) is 5.92 Å². The second kappa shape index (κ2) is 5.32. The second-order valence-corrected chi connectivity index (χ2v) is 4.64. The van der Waals surface area contributed by atoms with Gasteiger partial charge in [0.1, 0.15) is 0 Å². The summed E-state index contributed by atoms with van der Waals surface area (Å²) in [6.45, 7) is 1.85. The Bertz CT molecular complexity index is 437. The maximum absolute atomic E-state index is 12.3. The lowest BCUT2D eigenvalue weighted by atomic mass is 10.2. The van der Waals surface area contributed by atoms with Gasteiger partial charge in [0.2, 0.25) is 0 Å². The average Bonchev–Trinajstić information content (AvgIpc) is 2.19. The maximum atomic E-state index is 12.3. The van der Waals surface area contributed by atoms with Gasteiger partial charge in [0.25, 0.3) is 0 Å². The first-order valence-electron chi connectivity index (χ1n) is 4.80. The number of benzene rings is 1. The number of nitriles is 1. The van der Waals surface area contributed by atoms with Gasteiger partial charge in [-0.05, 0) is 24.6 Å². The first kappa shape index (κ1) is 13.7. The van der Waals surface area contributed by atoms with E-state index in [2.05, 4.69) is 0 Å². The third-order valence-corrected chi connectivity index (χ3v) is 3.30. The molecule has 0 spiro atoms. The lowest BCUT2D eigenvalue weighted by molar-refractivity contribution is -0.152. The molecule has 1 aromatic carbocycles. The topological polar surface area (TPSA) is 49.8 Å². The number of aryl methyl sites for hydroxylation is 1. The normalized spacial score (nSPS) is 13.1. The summed E-state index contributed by atoms with van der Waals surface area (Å²) in [5, 5.41) is 8.44. The number of rotatable bonds is 3. The molecule has 0 aromatic heterocycles. The van der Waals surface area contributed by atoms with Gasteiger partial charge in [-0.1, -0.05) is 6.07 Å². The Morgan fingerprint density at radius 3 is 2.59 bits per heavy atom. The van der Waals surface area contributed by atoms with Crippen LogP contribution in [0.2, 0.25) is 0 Å². The van der Waals surface area contributed by atoms with Crippen LogP contribution in [-0.2, 0) is 0 Å². The minimum Gasteiger partial charge on any atom is -0.398 e. The minimum atomic E-state index is -4.48. The molecule has 6 heteroatoms. The first-order chi connectivity index (χ1) is 7.84. The zero-order valence-corrected chi connectivity index (χ0v) is 9.90. The van der Waals surface area contributed by atoms with Crippen LogP contribution in [0.25, 0.3) is 0 Å². The van der Waals surface area contributed by atoms with E-state index in [0.29, 0.717) is 10.6 Å². The van der Waals surface area contributed by atoms with Crippen molar-refractivity contribution in [3.8, 4) is 6.07 Å². The molecule has 0 radical (unpaired) electrons. The SMILES string of the molecule is Cc1ccc(SCC(C#N)C(F)(F)F)c(N)c1. The van der Waals surface area contributed by atoms with Crippen molar-refractivity contribution in [3.63, 3.8) is 0 Å². The van der Waals surface area contributed by atoms with Crippen molar-refractivity contribution in [3.05, 3.63) is 23.8 Å². The molecule has 1 aromatic rings. The molecule has 0 aliphatic rings. The summed E-state index contributed by atoms with van der Waals surface area (Å²) in [5.74, 6) is -2.30. The number of halogens is 3. The zero-order valence-electron chi connectivity index (χ0n) is 9.08. The molecular formula is C11H11F3N2S. The summed E-state index contributed by atoms with van der Waals surface area (Å²) < 4.78 is 37.0. The van der Waals surface area contributed by atoms with Crippen molar-refractivity contribution < 1.29 is 13.2 Å². The fourth-order valence-corrected chi connectivity index (χ4v) is 2.18. The van der Waals surface area contributed by atoms with E-state index in [1.807, 2.05) is 6.92 Å². The van der Waals surface area contributed by atoms with Crippen LogP contribution < -0.4 is 5.73 Å². The summed E-state index contributed by atoms with van der Waals surface area (Å²) >= 11 is 0.948. The van der Waals surface area contributed by atoms with Crippen LogP contribution >= 0.6 is 11.8 Å². The lowest BCUT2D eigenvalue weighted by Gasteiger charge is -2.13. The van der Waals surface area contributed by atoms with Crippen LogP contribution in [-0.4, -0.2) is 11.9 Å². The predicted molar refractivity (Wildman–Crippen MR) is 61.5 cm³/mol. The highest BCUT2D eigenvalue weighted by Gasteiger charge is 2.39. The van der Waals surface area contributed by atoms with E-state index in [-0.39, 0.29) is 5.75 Å². The fourth-order valence-electron chi connectivity index (χ4n) is 1.18. The van der Waals surface area contributed by atoms with Gasteiger partial charge in [0, 0.05) is 16.3 Å². The summed E-state index contributed by atoms with van der Waals surface area (Å²) in [4.78, 5) is 0.570. The smallest absolute Gasteiger partial charge is 0.398 e. The molecule has 17 heavy (non-hydrogen) atoms. The molecule has 2 N–H and O–H groups in total. The number of nitrogens with zero attached hydrogens (tertiary/aromatic N) is 1. The Hall–Kier alpha value is -1.35. The molecule has 0 aliphatic carbocycles. The van der Waals surface area contributed by atoms with Crippen LogP contribution in [0.1, 0.15) is 5.56 Å². The van der Waals surface area contributed by atoms with Crippen molar-refractivity contribution in [2.45, 2.75) is 18.0 Å². The number of hydrogen-bond donors (Lipinski definition) is 1. The van der Waals surface area contributed by atoms with E-state index in [1.54, 1.807) is 18.2 Å². The Kier molecular flexibility index (Phi) is 4.29. The molecular weight excluding hydrogens is 249 g/mol. The number of nitrogens with two attached hydrogens (primary N) is 1. The fraction of sp³-hybridized carbons (Fsp3) is 0.364. The monoisotopic (exact) mass is 260 g/mol. The quantitative estimate of drug-likeness (QED) is 0.669. The predicted octanol–water partition coefficient (Wildman–Crippen LogP) is 3.37. The number of anilines is 1. The van der Waals surface area contributed by atoms with Crippen LogP contribution in [0.3, 0.4) is 0 Å². The van der Waals surface area contributed by atoms with Gasteiger partial charge in [-0.3, -0.25) is 0 Å². The molecule has 0 saturated carbocycles. The molecule has 0 amide bonds. The lowest BCUT2D eigenvalue weighted by Crippen LogP contribution is -2.23. The highest BCUT2D eigenvalue weighted by molar-refractivity contribution is 7.99. The molecule has 92 valence electrons. The van der Waals surface area contributed by atoms with Crippen LogP contribution in [0, 0.1) is 24.2 Å². The van der Waals surface area contributed by atoms with Gasteiger partial charge in [0.05, 0.1) is 6.07 Å². The molecule has 1 rings (SSSR count). The van der Waals surface area contributed by atoms with E-state index >= 15 is 0 Å². The summed E-state index contributed by atoms with van der Waals surface area (Å²) in [5.41, 5.74) is 7.06. The molecule has 0 bridgehead atoms. The third-order valence-electron chi connectivity index (χ3n) is 2.12. The van der Waals surface area contributed by atoms with E-state index in [1.165, 1.54) is 6.07 Å². The van der Waals surface area contributed by atoms with E-state index < -0.39 is 12.1 Å². The molecule has 0 heterocycles. The standard InChI is InChI=1S/C11H11F3N2S/c1-7-2-3-10(9(16)4-7)17-6-8(5-15)11(12,13)14/h2-4,8H,6,16H2,1H3. The third kappa shape index (κ3) is 3.86. The van der Waals surface area contributed by atoms with Gasteiger partial charge in [-0.2, -0.15) is 18.4 Å². The van der Waals surface area contributed by atoms with E-state index in [9.17, 15) is 13.2 Å². The summed E-state index contributed by atoms with van der Waals surface area (Å²) in [7, 11) is 0. The highest BCUT2D eigenvalue weighted by atomic mass is 32.2.